The Morgan fingerprint density at radius 2 is 1.58 bits per heavy atom. The molecule has 0 unspecified atom stereocenters. The van der Waals surface area contributed by atoms with E-state index in [1.54, 1.807) is 7.11 Å². The average Bonchev–Trinajstić information content (AvgIpc) is 2.89. The molecule has 0 saturated carbocycles. The van der Waals surface area contributed by atoms with Gasteiger partial charge in [0.15, 0.2) is 0 Å². The van der Waals surface area contributed by atoms with E-state index in [-0.39, 0.29) is 0 Å². The third-order valence-electron chi connectivity index (χ3n) is 5.69. The lowest BCUT2D eigenvalue weighted by Gasteiger charge is -2.29. The van der Waals surface area contributed by atoms with E-state index < -0.39 is 0 Å². The van der Waals surface area contributed by atoms with Crippen molar-refractivity contribution in [3.05, 3.63) is 60.7 Å². The Balaban J connectivity index is 1.58. The first kappa shape index (κ1) is 23.0. The van der Waals surface area contributed by atoms with E-state index in [2.05, 4.69) is 51.9 Å². The van der Waals surface area contributed by atoms with E-state index in [1.807, 2.05) is 24.3 Å². The largest absolute Gasteiger partial charge is 0.497 e. The molecule has 2 heterocycles. The standard InChI is InChI=1S/C26H33N5O2/c1-32-24-8-4-21(5-9-24)26-19-22(29-13-17-33-16-10-27)18-25(30-26)20-2-6-23(7-3-20)31-14-11-28-12-15-31/h2-9,18-19,28H,10-17,27H2,1H3,(H,29,30). The first-order valence-electron chi connectivity index (χ1n) is 11.5. The van der Waals surface area contributed by atoms with Crippen molar-refractivity contribution < 1.29 is 9.47 Å². The summed E-state index contributed by atoms with van der Waals surface area (Å²) in [4.78, 5) is 7.39. The molecular weight excluding hydrogens is 414 g/mol. The Morgan fingerprint density at radius 1 is 0.939 bits per heavy atom. The zero-order valence-electron chi connectivity index (χ0n) is 19.2. The number of nitrogens with one attached hydrogen (secondary N) is 2. The molecule has 0 atom stereocenters. The Morgan fingerprint density at radius 3 is 2.18 bits per heavy atom. The lowest BCUT2D eigenvalue weighted by atomic mass is 10.1. The van der Waals surface area contributed by atoms with E-state index in [9.17, 15) is 0 Å². The number of nitrogens with zero attached hydrogens (tertiary/aromatic N) is 2. The van der Waals surface area contributed by atoms with Crippen molar-refractivity contribution in [2.45, 2.75) is 0 Å². The predicted molar refractivity (Wildman–Crippen MR) is 135 cm³/mol. The molecule has 0 radical (unpaired) electrons. The summed E-state index contributed by atoms with van der Waals surface area (Å²) in [5.41, 5.74) is 11.7. The Hall–Kier alpha value is -3.13. The summed E-state index contributed by atoms with van der Waals surface area (Å²) in [6, 6.07) is 20.8. The van der Waals surface area contributed by atoms with E-state index in [1.165, 1.54) is 5.69 Å². The van der Waals surface area contributed by atoms with Crippen LogP contribution >= 0.6 is 0 Å². The highest BCUT2D eigenvalue weighted by Crippen LogP contribution is 2.29. The summed E-state index contributed by atoms with van der Waals surface area (Å²) in [5.74, 6) is 0.828. The molecule has 1 fully saturated rings. The monoisotopic (exact) mass is 447 g/mol. The third kappa shape index (κ3) is 6.22. The normalized spacial score (nSPS) is 13.7. The number of benzene rings is 2. The fraction of sp³-hybridized carbons (Fsp3) is 0.346. The number of methoxy groups -OCH3 is 1. The molecule has 0 amide bonds. The maximum Gasteiger partial charge on any atom is 0.118 e. The summed E-state index contributed by atoms with van der Waals surface area (Å²) in [7, 11) is 1.67. The van der Waals surface area contributed by atoms with Gasteiger partial charge >= 0.3 is 0 Å². The average molecular weight is 448 g/mol. The highest BCUT2D eigenvalue weighted by Gasteiger charge is 2.12. The van der Waals surface area contributed by atoms with Crippen LogP contribution in [-0.4, -0.2) is 64.6 Å². The second-order valence-corrected chi connectivity index (χ2v) is 7.97. The number of ether oxygens (including phenoxy) is 2. The van der Waals surface area contributed by atoms with Gasteiger partial charge in [0.1, 0.15) is 5.75 Å². The topological polar surface area (TPSA) is 84.7 Å². The highest BCUT2D eigenvalue weighted by molar-refractivity contribution is 5.73. The maximum absolute atomic E-state index is 5.50. The molecule has 174 valence electrons. The Labute approximate surface area is 195 Å². The van der Waals surface area contributed by atoms with Crippen molar-refractivity contribution in [3.63, 3.8) is 0 Å². The van der Waals surface area contributed by atoms with Crippen LogP contribution in [-0.2, 0) is 4.74 Å². The summed E-state index contributed by atoms with van der Waals surface area (Å²) >= 11 is 0. The SMILES string of the molecule is COc1ccc(-c2cc(NCCOCCN)cc(-c3ccc(N4CCNCC4)cc3)n2)cc1. The Kier molecular flexibility index (Phi) is 8.14. The second kappa shape index (κ2) is 11.7. The van der Waals surface area contributed by atoms with Crippen molar-refractivity contribution in [2.75, 3.05) is 69.8 Å². The fourth-order valence-electron chi connectivity index (χ4n) is 3.91. The summed E-state index contributed by atoms with van der Waals surface area (Å²) < 4.78 is 10.8. The van der Waals surface area contributed by atoms with Gasteiger partial charge in [0.2, 0.25) is 0 Å². The third-order valence-corrected chi connectivity index (χ3v) is 5.69. The van der Waals surface area contributed by atoms with Gasteiger partial charge in [0, 0.05) is 61.8 Å². The van der Waals surface area contributed by atoms with Crippen LogP contribution in [0.2, 0.25) is 0 Å². The molecule has 0 spiro atoms. The van der Waals surface area contributed by atoms with Gasteiger partial charge in [-0.25, -0.2) is 4.98 Å². The van der Waals surface area contributed by atoms with Gasteiger partial charge in [-0.1, -0.05) is 12.1 Å². The van der Waals surface area contributed by atoms with Crippen molar-refractivity contribution in [2.24, 2.45) is 5.73 Å². The number of piperazine rings is 1. The van der Waals surface area contributed by atoms with Crippen LogP contribution < -0.4 is 26.0 Å². The van der Waals surface area contributed by atoms with Crippen LogP contribution in [0.5, 0.6) is 5.75 Å². The number of rotatable bonds is 10. The van der Waals surface area contributed by atoms with Gasteiger partial charge in [-0.3, -0.25) is 0 Å². The van der Waals surface area contributed by atoms with Gasteiger partial charge < -0.3 is 30.7 Å². The molecule has 7 heteroatoms. The molecule has 0 aliphatic carbocycles. The van der Waals surface area contributed by atoms with E-state index in [0.717, 1.165) is 60.1 Å². The molecule has 1 saturated heterocycles. The first-order valence-corrected chi connectivity index (χ1v) is 11.5. The number of hydrogen-bond donors (Lipinski definition) is 3. The van der Waals surface area contributed by atoms with E-state index in [4.69, 9.17) is 20.2 Å². The number of aromatic nitrogens is 1. The summed E-state index contributed by atoms with van der Waals surface area (Å²) in [6.07, 6.45) is 0. The van der Waals surface area contributed by atoms with Gasteiger partial charge in [-0.05, 0) is 48.5 Å². The van der Waals surface area contributed by atoms with E-state index >= 15 is 0 Å². The minimum Gasteiger partial charge on any atom is -0.497 e. The van der Waals surface area contributed by atoms with Gasteiger partial charge in [-0.15, -0.1) is 0 Å². The molecule has 1 aliphatic heterocycles. The van der Waals surface area contributed by atoms with Crippen molar-refractivity contribution in [1.82, 2.24) is 10.3 Å². The van der Waals surface area contributed by atoms with Crippen LogP contribution in [0.1, 0.15) is 0 Å². The maximum atomic E-state index is 5.50. The molecule has 1 aliphatic rings. The second-order valence-electron chi connectivity index (χ2n) is 7.97. The zero-order chi connectivity index (χ0) is 22.9. The lowest BCUT2D eigenvalue weighted by Crippen LogP contribution is -2.43. The van der Waals surface area contributed by atoms with Crippen LogP contribution in [0.4, 0.5) is 11.4 Å². The molecular formula is C26H33N5O2. The van der Waals surface area contributed by atoms with Gasteiger partial charge in [-0.2, -0.15) is 0 Å². The molecule has 7 nitrogen and oxygen atoms in total. The Bertz CT molecular complexity index is 1000. The van der Waals surface area contributed by atoms with Gasteiger partial charge in [0.25, 0.3) is 0 Å². The number of nitrogens with two attached hydrogens (primary N) is 1. The van der Waals surface area contributed by atoms with E-state index in [0.29, 0.717) is 26.3 Å². The quantitative estimate of drug-likeness (QED) is 0.412. The van der Waals surface area contributed by atoms with Crippen molar-refractivity contribution in [1.29, 1.82) is 0 Å². The highest BCUT2D eigenvalue weighted by atomic mass is 16.5. The van der Waals surface area contributed by atoms with Crippen LogP contribution in [0, 0.1) is 0 Å². The fourth-order valence-corrected chi connectivity index (χ4v) is 3.91. The molecule has 4 rings (SSSR count). The minimum absolute atomic E-state index is 0.533. The zero-order valence-corrected chi connectivity index (χ0v) is 19.2. The lowest BCUT2D eigenvalue weighted by molar-refractivity contribution is 0.151. The molecule has 3 aromatic rings. The number of pyridine rings is 1. The van der Waals surface area contributed by atoms with Crippen LogP contribution in [0.15, 0.2) is 60.7 Å². The van der Waals surface area contributed by atoms with Crippen molar-refractivity contribution >= 4 is 11.4 Å². The molecule has 0 bridgehead atoms. The first-order chi connectivity index (χ1) is 16.3. The van der Waals surface area contributed by atoms with Crippen LogP contribution in [0.3, 0.4) is 0 Å². The molecule has 33 heavy (non-hydrogen) atoms. The predicted octanol–water partition coefficient (Wildman–Crippen LogP) is 3.22. The summed E-state index contributed by atoms with van der Waals surface area (Å²) in [5, 5.41) is 6.87. The number of hydrogen-bond acceptors (Lipinski definition) is 7. The smallest absolute Gasteiger partial charge is 0.118 e. The number of anilines is 2. The summed E-state index contributed by atoms with van der Waals surface area (Å²) in [6.45, 7) is 6.52. The van der Waals surface area contributed by atoms with Crippen molar-refractivity contribution in [3.8, 4) is 28.3 Å². The molecule has 1 aromatic heterocycles. The molecule has 4 N–H and O–H groups in total. The minimum atomic E-state index is 0.533. The molecule has 2 aromatic carbocycles. The van der Waals surface area contributed by atoms with Gasteiger partial charge in [0.05, 0.1) is 31.7 Å². The van der Waals surface area contributed by atoms with Crippen LogP contribution in [0.25, 0.3) is 22.5 Å².